The van der Waals surface area contributed by atoms with Gasteiger partial charge < -0.3 is 9.84 Å². The maximum Gasteiger partial charge on any atom is 0.171 e. The first-order chi connectivity index (χ1) is 10.2. The van der Waals surface area contributed by atoms with Crippen molar-refractivity contribution in [3.63, 3.8) is 0 Å². The molecular weight excluding hydrogens is 377 g/mol. The second-order valence-electron chi connectivity index (χ2n) is 6.35. The first-order valence-corrected chi connectivity index (χ1v) is 9.06. The van der Waals surface area contributed by atoms with E-state index in [4.69, 9.17) is 4.74 Å². The third-order valence-corrected chi connectivity index (χ3v) is 5.87. The monoisotopic (exact) mass is 401 g/mol. The van der Waals surface area contributed by atoms with Crippen molar-refractivity contribution in [1.82, 2.24) is 4.90 Å². The number of aromatic hydroxyl groups is 1. The van der Waals surface area contributed by atoms with Crippen LogP contribution >= 0.6 is 22.6 Å². The first-order valence-electron chi connectivity index (χ1n) is 7.98. The maximum absolute atomic E-state index is 9.97. The Balaban J connectivity index is 1.77. The molecular formula is C17H24INO2. The van der Waals surface area contributed by atoms with Gasteiger partial charge in [-0.25, -0.2) is 0 Å². The molecule has 0 unspecified atom stereocenters. The highest BCUT2D eigenvalue weighted by Crippen LogP contribution is 2.37. The van der Waals surface area contributed by atoms with Crippen molar-refractivity contribution in [1.29, 1.82) is 0 Å². The van der Waals surface area contributed by atoms with Crippen LogP contribution in [-0.2, 0) is 6.54 Å². The minimum Gasteiger partial charge on any atom is -0.504 e. The Morgan fingerprint density at radius 2 is 2.00 bits per heavy atom. The van der Waals surface area contributed by atoms with Crippen LogP contribution in [0.1, 0.15) is 44.1 Å². The number of benzene rings is 1. The highest BCUT2D eigenvalue weighted by atomic mass is 127. The second kappa shape index (κ2) is 6.73. The van der Waals surface area contributed by atoms with Crippen molar-refractivity contribution >= 4 is 22.6 Å². The van der Waals surface area contributed by atoms with Gasteiger partial charge in [-0.1, -0.05) is 12.8 Å². The molecule has 0 spiro atoms. The summed E-state index contributed by atoms with van der Waals surface area (Å²) in [7, 11) is 1.62. The maximum atomic E-state index is 9.97. The van der Waals surface area contributed by atoms with Gasteiger partial charge in [0.2, 0.25) is 0 Å². The van der Waals surface area contributed by atoms with Crippen molar-refractivity contribution in [2.45, 2.75) is 51.1 Å². The number of hydrogen-bond acceptors (Lipinski definition) is 3. The number of phenolic OH excluding ortho intramolecular Hbond substituents is 1. The minimum absolute atomic E-state index is 0.260. The van der Waals surface area contributed by atoms with Gasteiger partial charge in [0.15, 0.2) is 11.5 Å². The molecule has 2 fully saturated rings. The van der Waals surface area contributed by atoms with E-state index >= 15 is 0 Å². The van der Waals surface area contributed by atoms with Gasteiger partial charge in [-0.15, -0.1) is 0 Å². The molecule has 0 bridgehead atoms. The summed E-state index contributed by atoms with van der Waals surface area (Å²) in [4.78, 5) is 2.66. The van der Waals surface area contributed by atoms with E-state index < -0.39 is 0 Å². The Bertz CT molecular complexity index is 504. The summed E-state index contributed by atoms with van der Waals surface area (Å²) in [5, 5.41) is 9.97. The topological polar surface area (TPSA) is 32.7 Å². The van der Waals surface area contributed by atoms with E-state index in [1.807, 2.05) is 6.07 Å². The van der Waals surface area contributed by atoms with Crippen molar-refractivity contribution in [3.05, 3.63) is 21.3 Å². The Hall–Kier alpha value is -0.490. The summed E-state index contributed by atoms with van der Waals surface area (Å²) in [6.45, 7) is 2.19. The van der Waals surface area contributed by atoms with Crippen LogP contribution in [0.2, 0.25) is 0 Å². The number of fused-ring (bicyclic) bond motifs is 1. The van der Waals surface area contributed by atoms with E-state index in [0.29, 0.717) is 5.75 Å². The summed E-state index contributed by atoms with van der Waals surface area (Å²) >= 11 is 2.18. The number of likely N-dealkylation sites (tertiary alicyclic amines) is 1. The fraction of sp³-hybridized carbons (Fsp3) is 0.647. The number of rotatable bonds is 3. The van der Waals surface area contributed by atoms with Gasteiger partial charge in [-0.2, -0.15) is 0 Å². The van der Waals surface area contributed by atoms with Crippen molar-refractivity contribution in [3.8, 4) is 11.5 Å². The number of hydrogen-bond donors (Lipinski definition) is 1. The molecule has 1 saturated heterocycles. The molecule has 1 N–H and O–H groups in total. The molecule has 3 rings (SSSR count). The van der Waals surface area contributed by atoms with Crippen molar-refractivity contribution in [2.24, 2.45) is 5.92 Å². The molecule has 1 aromatic rings. The Kier molecular flexibility index (Phi) is 4.94. The van der Waals surface area contributed by atoms with Gasteiger partial charge in [0, 0.05) is 12.6 Å². The molecule has 2 aliphatic rings. The molecule has 116 valence electrons. The number of nitrogens with zero attached hydrogens (tertiary/aromatic N) is 1. The largest absolute Gasteiger partial charge is 0.504 e. The molecule has 3 nitrogen and oxygen atoms in total. The van der Waals surface area contributed by atoms with Crippen LogP contribution in [-0.4, -0.2) is 29.7 Å². The lowest BCUT2D eigenvalue weighted by molar-refractivity contribution is 0.0546. The number of halogens is 1. The van der Waals surface area contributed by atoms with Gasteiger partial charge >= 0.3 is 0 Å². The average Bonchev–Trinajstić information content (AvgIpc) is 2.51. The zero-order valence-electron chi connectivity index (χ0n) is 12.6. The van der Waals surface area contributed by atoms with E-state index in [1.54, 1.807) is 7.11 Å². The Morgan fingerprint density at radius 1 is 1.24 bits per heavy atom. The van der Waals surface area contributed by atoms with Gasteiger partial charge in [0.05, 0.1) is 10.7 Å². The van der Waals surface area contributed by atoms with Crippen LogP contribution in [0.3, 0.4) is 0 Å². The normalized spacial score (nSPS) is 26.4. The second-order valence-corrected chi connectivity index (χ2v) is 7.52. The van der Waals surface area contributed by atoms with Crippen LogP contribution in [0, 0.1) is 9.49 Å². The quantitative estimate of drug-likeness (QED) is 0.773. The number of piperidine rings is 1. The number of phenols is 1. The first kappa shape index (κ1) is 15.4. The lowest BCUT2D eigenvalue weighted by Crippen LogP contribution is -2.46. The number of methoxy groups -OCH3 is 1. The van der Waals surface area contributed by atoms with Crippen LogP contribution in [0.5, 0.6) is 11.5 Å². The molecule has 1 aliphatic heterocycles. The standard InChI is InChI=1S/C17H24INO2/c1-21-16-10-12(9-14(18)17(16)20)11-19-8-4-6-13-5-2-3-7-15(13)19/h9-10,13,15,20H,2-8,11H2,1H3/t13-,15+/m1/s1. The third kappa shape index (κ3) is 3.31. The van der Waals surface area contributed by atoms with Crippen molar-refractivity contribution < 1.29 is 9.84 Å². The molecule has 4 heteroatoms. The van der Waals surface area contributed by atoms with Crippen LogP contribution in [0.15, 0.2) is 12.1 Å². The Morgan fingerprint density at radius 3 is 2.81 bits per heavy atom. The molecule has 1 heterocycles. The zero-order chi connectivity index (χ0) is 14.8. The lowest BCUT2D eigenvalue weighted by Gasteiger charge is -2.44. The van der Waals surface area contributed by atoms with E-state index in [1.165, 1.54) is 50.6 Å². The minimum atomic E-state index is 0.260. The van der Waals surface area contributed by atoms with Gasteiger partial charge in [0.1, 0.15) is 0 Å². The van der Waals surface area contributed by atoms with Gasteiger partial charge in [-0.3, -0.25) is 4.90 Å². The van der Waals surface area contributed by atoms with Gasteiger partial charge in [0.25, 0.3) is 0 Å². The van der Waals surface area contributed by atoms with Gasteiger partial charge in [-0.05, 0) is 78.4 Å². The molecule has 1 saturated carbocycles. The Labute approximate surface area is 140 Å². The summed E-state index contributed by atoms with van der Waals surface area (Å²) < 4.78 is 6.16. The molecule has 0 radical (unpaired) electrons. The molecule has 21 heavy (non-hydrogen) atoms. The van der Waals surface area contributed by atoms with Crippen molar-refractivity contribution in [2.75, 3.05) is 13.7 Å². The highest BCUT2D eigenvalue weighted by Gasteiger charge is 2.33. The van der Waals surface area contributed by atoms with Crippen LogP contribution in [0.25, 0.3) is 0 Å². The molecule has 1 aromatic carbocycles. The predicted molar refractivity (Wildman–Crippen MR) is 92.8 cm³/mol. The summed E-state index contributed by atoms with van der Waals surface area (Å²) in [5.74, 6) is 1.76. The third-order valence-electron chi connectivity index (χ3n) is 5.05. The van der Waals surface area contributed by atoms with E-state index in [0.717, 1.165) is 22.1 Å². The molecule has 2 atom stereocenters. The lowest BCUT2D eigenvalue weighted by atomic mass is 9.78. The molecule has 0 aromatic heterocycles. The summed E-state index contributed by atoms with van der Waals surface area (Å²) in [6, 6.07) is 4.85. The van der Waals surface area contributed by atoms with E-state index in [-0.39, 0.29) is 5.75 Å². The number of ether oxygens (including phenoxy) is 1. The SMILES string of the molecule is COc1cc(CN2CCC[C@H]3CCCC[C@@H]32)cc(I)c1O. The molecule has 1 aliphatic carbocycles. The van der Waals surface area contributed by atoms with E-state index in [9.17, 15) is 5.11 Å². The average molecular weight is 401 g/mol. The van der Waals surface area contributed by atoms with Crippen LogP contribution < -0.4 is 4.74 Å². The summed E-state index contributed by atoms with van der Waals surface area (Å²) in [6.07, 6.45) is 8.31. The highest BCUT2D eigenvalue weighted by molar-refractivity contribution is 14.1. The predicted octanol–water partition coefficient (Wildman–Crippen LogP) is 4.16. The fourth-order valence-electron chi connectivity index (χ4n) is 4.03. The molecule has 0 amide bonds. The smallest absolute Gasteiger partial charge is 0.171 e. The zero-order valence-corrected chi connectivity index (χ0v) is 14.8. The fourth-order valence-corrected chi connectivity index (χ4v) is 4.70. The van der Waals surface area contributed by atoms with Crippen LogP contribution in [0.4, 0.5) is 0 Å². The summed E-state index contributed by atoms with van der Waals surface area (Å²) in [5.41, 5.74) is 1.25. The van der Waals surface area contributed by atoms with E-state index in [2.05, 4.69) is 33.6 Å².